The van der Waals surface area contributed by atoms with E-state index in [0.29, 0.717) is 0 Å². The van der Waals surface area contributed by atoms with Crippen LogP contribution in [0.3, 0.4) is 0 Å². The van der Waals surface area contributed by atoms with Gasteiger partial charge in [0.2, 0.25) is 0 Å². The van der Waals surface area contributed by atoms with E-state index in [1.54, 1.807) is 0 Å². The van der Waals surface area contributed by atoms with Crippen LogP contribution in [0.4, 0.5) is 0 Å². The minimum atomic E-state index is -5.07. The molecule has 10 nitrogen and oxygen atoms in total. The molecule has 1 amide bonds. The normalized spacial score (nSPS) is 19.2. The fourth-order valence-corrected chi connectivity index (χ4v) is 4.88. The number of hydrogen-bond donors (Lipinski definition) is 3. The second-order valence-corrected chi connectivity index (χ2v) is 10.4. The van der Waals surface area contributed by atoms with Crippen molar-refractivity contribution in [2.75, 3.05) is 0 Å². The maximum Gasteiger partial charge on any atom is 0.127 e. The van der Waals surface area contributed by atoms with Crippen molar-refractivity contribution in [1.82, 2.24) is 5.32 Å². The number of ether oxygens (including phenoxy) is 1. The van der Waals surface area contributed by atoms with Crippen LogP contribution in [0.5, 0.6) is 11.5 Å². The van der Waals surface area contributed by atoms with Crippen LogP contribution in [0.15, 0.2) is 82.7 Å². The van der Waals surface area contributed by atoms with Gasteiger partial charge >= 0.3 is 110 Å². The number of rotatable bonds is 6. The minimum Gasteiger partial charge on any atom is -0.457 e. The Kier molecular flexibility index (Phi) is 8.56. The first kappa shape index (κ1) is 25.1. The molecule has 3 rings (SSSR count). The Morgan fingerprint density at radius 3 is 2.00 bits per heavy atom. The van der Waals surface area contributed by atoms with Gasteiger partial charge in [-0.3, -0.25) is 0 Å². The summed E-state index contributed by atoms with van der Waals surface area (Å²) in [5.41, 5.74) is -1.67. The molecule has 170 valence electrons. The Morgan fingerprint density at radius 1 is 1.12 bits per heavy atom. The van der Waals surface area contributed by atoms with Crippen LogP contribution in [0, 0.1) is 10.1 Å². The zero-order valence-corrected chi connectivity index (χ0v) is 19.3. The quantitative estimate of drug-likeness (QED) is 0.178. The maximum absolute atomic E-state index is 11.5. The zero-order valence-electron chi connectivity index (χ0n) is 17.4. The Bertz CT molecular complexity index is 1020. The van der Waals surface area contributed by atoms with Gasteiger partial charge in [0.1, 0.15) is 11.5 Å². The molecular weight excluding hydrogens is 483 g/mol. The van der Waals surface area contributed by atoms with E-state index in [-0.39, 0.29) is 16.4 Å². The molecule has 3 N–H and O–H groups in total. The average molecular weight is 506 g/mol. The van der Waals surface area contributed by atoms with Crippen molar-refractivity contribution in [1.29, 1.82) is 0 Å². The van der Waals surface area contributed by atoms with E-state index in [2.05, 4.69) is 9.19 Å². The second kappa shape index (κ2) is 10.9. The summed E-state index contributed by atoms with van der Waals surface area (Å²) in [5.74, 6) is 1.14. The summed E-state index contributed by atoms with van der Waals surface area (Å²) in [5, 5.41) is 21.7. The number of carbonyl (C=O) groups is 1. The first-order chi connectivity index (χ1) is 15.1. The van der Waals surface area contributed by atoms with Crippen LogP contribution >= 0.6 is 0 Å². The molecule has 0 aliphatic heterocycles. The van der Waals surface area contributed by atoms with Crippen molar-refractivity contribution >= 4 is 20.1 Å². The SMILES string of the molecule is CC(=O)NC1([N+](=O)[O-])C=CC([As](=O)(O)OO)=C(C)C1.c1ccc(Oc2ccccc2)cc1. The van der Waals surface area contributed by atoms with Gasteiger partial charge in [0.25, 0.3) is 0 Å². The van der Waals surface area contributed by atoms with E-state index >= 15 is 0 Å². The van der Waals surface area contributed by atoms with Crippen LogP contribution in [-0.4, -0.2) is 40.0 Å². The molecule has 32 heavy (non-hydrogen) atoms. The molecule has 0 radical (unpaired) electrons. The molecule has 0 aromatic heterocycles. The van der Waals surface area contributed by atoms with E-state index in [0.717, 1.165) is 30.6 Å². The number of benzene rings is 2. The van der Waals surface area contributed by atoms with Gasteiger partial charge < -0.3 is 4.74 Å². The summed E-state index contributed by atoms with van der Waals surface area (Å²) in [6, 6.07) is 19.5. The number of carbonyl (C=O) groups excluding carboxylic acids is 1. The van der Waals surface area contributed by atoms with Crippen molar-refractivity contribution in [2.45, 2.75) is 25.9 Å². The topological polar surface area (TPSA) is 148 Å². The number of amides is 1. The van der Waals surface area contributed by atoms with Gasteiger partial charge in [0.05, 0.1) is 0 Å². The van der Waals surface area contributed by atoms with Gasteiger partial charge in [-0.2, -0.15) is 0 Å². The third-order valence-corrected chi connectivity index (χ3v) is 7.20. The standard InChI is InChI=1S/C12H10O.C9H13AsN2O7/c1-3-7-11(8-4-1)13-12-9-5-2-6-10-12;1-6-5-9(12(16)17,11-7(2)13)4-3-8(6)10(14,15)19-18/h1-10H;3-4,18H,5H2,1-2H3,(H,11,13)(H,14,15). The summed E-state index contributed by atoms with van der Waals surface area (Å²) in [6.45, 7) is 2.52. The summed E-state index contributed by atoms with van der Waals surface area (Å²) < 4.78 is 29.9. The van der Waals surface area contributed by atoms with Crippen molar-refractivity contribution in [3.8, 4) is 11.5 Å². The Hall–Kier alpha value is -3.17. The van der Waals surface area contributed by atoms with Gasteiger partial charge in [0, 0.05) is 0 Å². The molecule has 1 aliphatic rings. The maximum atomic E-state index is 11.5. The van der Waals surface area contributed by atoms with E-state index in [1.165, 1.54) is 6.92 Å². The number of allylic oxidation sites excluding steroid dienone is 2. The fourth-order valence-electron chi connectivity index (χ4n) is 2.97. The first-order valence-corrected chi connectivity index (χ1v) is 12.7. The van der Waals surface area contributed by atoms with Crippen LogP contribution in [-0.2, 0) is 12.4 Å². The van der Waals surface area contributed by atoms with Gasteiger partial charge in [-0.1, -0.05) is 36.4 Å². The predicted octanol–water partition coefficient (Wildman–Crippen LogP) is 3.24. The molecule has 1 aliphatic carbocycles. The number of nitrogens with zero attached hydrogens (tertiary/aromatic N) is 1. The zero-order chi connectivity index (χ0) is 23.8. The molecule has 0 fully saturated rings. The van der Waals surface area contributed by atoms with Crippen molar-refractivity contribution in [2.24, 2.45) is 0 Å². The first-order valence-electron chi connectivity index (χ1n) is 9.36. The Balaban J connectivity index is 0.000000242. The molecule has 0 saturated carbocycles. The van der Waals surface area contributed by atoms with Crippen molar-refractivity contribution in [3.05, 3.63) is 92.9 Å². The van der Waals surface area contributed by atoms with E-state index < -0.39 is 30.7 Å². The Morgan fingerprint density at radius 2 is 1.62 bits per heavy atom. The molecule has 0 spiro atoms. The molecule has 0 heterocycles. The molecule has 2 aromatic carbocycles. The van der Waals surface area contributed by atoms with Crippen molar-refractivity contribution < 1.29 is 31.4 Å². The molecule has 0 saturated heterocycles. The number of nitrogens with one attached hydrogen (secondary N) is 1. The number of nitro groups is 1. The molecule has 2 unspecified atom stereocenters. The van der Waals surface area contributed by atoms with Crippen molar-refractivity contribution in [3.63, 3.8) is 0 Å². The van der Waals surface area contributed by atoms with Crippen LogP contribution in [0.1, 0.15) is 20.3 Å². The monoisotopic (exact) mass is 506 g/mol. The molecular formula is C21H23AsN2O8. The molecule has 2 aromatic rings. The van der Waals surface area contributed by atoms with Gasteiger partial charge in [-0.25, -0.2) is 0 Å². The minimum absolute atomic E-state index is 0.177. The third kappa shape index (κ3) is 6.66. The summed E-state index contributed by atoms with van der Waals surface area (Å²) in [4.78, 5) is 21.4. The second-order valence-electron chi connectivity index (χ2n) is 6.87. The summed E-state index contributed by atoms with van der Waals surface area (Å²) in [6.07, 6.45) is 1.73. The molecule has 2 atom stereocenters. The predicted molar refractivity (Wildman–Crippen MR) is 115 cm³/mol. The van der Waals surface area contributed by atoms with Crippen LogP contribution in [0.25, 0.3) is 0 Å². The average Bonchev–Trinajstić information content (AvgIpc) is 2.75. The van der Waals surface area contributed by atoms with Crippen LogP contribution in [0.2, 0.25) is 0 Å². The van der Waals surface area contributed by atoms with Gasteiger partial charge in [-0.15, -0.1) is 0 Å². The van der Waals surface area contributed by atoms with E-state index in [1.807, 2.05) is 60.7 Å². The van der Waals surface area contributed by atoms with Crippen LogP contribution < -0.4 is 10.1 Å². The summed E-state index contributed by atoms with van der Waals surface area (Å²) in [7, 11) is 0. The third-order valence-electron chi connectivity index (χ3n) is 4.34. The van der Waals surface area contributed by atoms with E-state index in [4.69, 9.17) is 9.99 Å². The number of para-hydroxylation sites is 2. The number of hydrogen-bond acceptors (Lipinski definition) is 7. The van der Waals surface area contributed by atoms with Gasteiger partial charge in [-0.05, 0) is 24.3 Å². The Labute approximate surface area is 187 Å². The van der Waals surface area contributed by atoms with Gasteiger partial charge in [0.15, 0.2) is 0 Å². The fraction of sp³-hybridized carbons (Fsp3) is 0.190. The smallest absolute Gasteiger partial charge is 0.127 e. The summed E-state index contributed by atoms with van der Waals surface area (Å²) >= 11 is -5.07. The molecule has 11 heteroatoms. The largest absolute Gasteiger partial charge is 0.457 e. The van der Waals surface area contributed by atoms with E-state index in [9.17, 15) is 22.7 Å². The molecule has 0 bridgehead atoms.